The number of methoxy groups -OCH3 is 1. The summed E-state index contributed by atoms with van der Waals surface area (Å²) in [6, 6.07) is 0. The lowest BCUT2D eigenvalue weighted by Gasteiger charge is -2.56. The maximum absolute atomic E-state index is 12.4. The number of ether oxygens (including phenoxy) is 1. The highest BCUT2D eigenvalue weighted by Gasteiger charge is 2.63. The molecule has 0 saturated heterocycles. The molecule has 7 heteroatoms. The molecular weight excluding hydrogens is 304 g/mol. The molecule has 0 spiro atoms. The molecule has 2 fully saturated rings. The molecule has 6 atom stereocenters. The van der Waals surface area contributed by atoms with Crippen LogP contribution in [0.3, 0.4) is 0 Å². The van der Waals surface area contributed by atoms with E-state index in [1.54, 1.807) is 6.92 Å². The van der Waals surface area contributed by atoms with Crippen molar-refractivity contribution in [3.05, 3.63) is 12.2 Å². The number of carbonyl (C=O) groups is 2. The van der Waals surface area contributed by atoms with Gasteiger partial charge in [-0.2, -0.15) is 0 Å². The monoisotopic (exact) mass is 328 g/mol. The van der Waals surface area contributed by atoms with Gasteiger partial charge in [0.2, 0.25) is 0 Å². The van der Waals surface area contributed by atoms with Crippen molar-refractivity contribution in [2.75, 3.05) is 13.7 Å². The van der Waals surface area contributed by atoms with Gasteiger partial charge in [0.15, 0.2) is 0 Å². The minimum Gasteiger partial charge on any atom is -0.466 e. The average molecular weight is 328 g/mol. The van der Waals surface area contributed by atoms with E-state index in [0.29, 0.717) is 0 Å². The number of fused-ring (bicyclic) bond motifs is 1. The molecule has 2 aliphatic carbocycles. The highest BCUT2D eigenvalue weighted by Crippen LogP contribution is 2.54. The van der Waals surface area contributed by atoms with Crippen LogP contribution in [0.25, 0.3) is 0 Å². The molecule has 4 N–H and O–H groups in total. The van der Waals surface area contributed by atoms with E-state index in [1.807, 2.05) is 0 Å². The molecule has 130 valence electrons. The van der Waals surface area contributed by atoms with Crippen LogP contribution in [0.2, 0.25) is 0 Å². The van der Waals surface area contributed by atoms with Gasteiger partial charge in [0, 0.05) is 29.2 Å². The summed E-state index contributed by atoms with van der Waals surface area (Å²) < 4.78 is 4.58. The molecule has 2 aliphatic rings. The molecule has 0 radical (unpaired) electrons. The van der Waals surface area contributed by atoms with Crippen molar-refractivity contribution in [1.29, 1.82) is 0 Å². The number of ketones is 1. The molecule has 0 aromatic carbocycles. The first-order chi connectivity index (χ1) is 10.6. The number of hydrogen-bond donors (Lipinski definition) is 4. The number of hydrogen-bond acceptors (Lipinski definition) is 7. The smallest absolute Gasteiger partial charge is 0.333 e. The van der Waals surface area contributed by atoms with Crippen molar-refractivity contribution in [1.82, 2.24) is 0 Å². The Balaban J connectivity index is 2.47. The predicted molar refractivity (Wildman–Crippen MR) is 79.2 cm³/mol. The maximum Gasteiger partial charge on any atom is 0.333 e. The molecule has 7 nitrogen and oxygen atoms in total. The standard InChI is InChI=1S/C16H24O7/c1-8(14(21)23-3)11-9(18)6-15(2)10(19)4-5-16(22,7-17)13(15)12(11)20/h9,11-13,17-18,20,22H,1,4-7H2,2-3H3. The second kappa shape index (κ2) is 5.98. The molecule has 0 aliphatic heterocycles. The van der Waals surface area contributed by atoms with Gasteiger partial charge < -0.3 is 25.2 Å². The molecule has 0 heterocycles. The van der Waals surface area contributed by atoms with Gasteiger partial charge in [-0.05, 0) is 12.8 Å². The second-order valence-corrected chi connectivity index (χ2v) is 6.88. The topological polar surface area (TPSA) is 124 Å². The minimum absolute atomic E-state index is 0.0210. The first-order valence-electron chi connectivity index (χ1n) is 7.62. The van der Waals surface area contributed by atoms with Crippen molar-refractivity contribution >= 4 is 11.8 Å². The Hall–Kier alpha value is -1.28. The Morgan fingerprint density at radius 1 is 1.43 bits per heavy atom. The molecule has 0 aromatic rings. The Kier molecular flexibility index (Phi) is 4.69. The average Bonchev–Trinajstić information content (AvgIpc) is 2.49. The van der Waals surface area contributed by atoms with Crippen LogP contribution >= 0.6 is 0 Å². The van der Waals surface area contributed by atoms with Crippen LogP contribution in [0.4, 0.5) is 0 Å². The molecule has 2 saturated carbocycles. The summed E-state index contributed by atoms with van der Waals surface area (Å²) >= 11 is 0. The Bertz CT molecular complexity index is 531. The largest absolute Gasteiger partial charge is 0.466 e. The van der Waals surface area contributed by atoms with Gasteiger partial charge in [-0.15, -0.1) is 0 Å². The number of rotatable bonds is 3. The molecular formula is C16H24O7. The summed E-state index contributed by atoms with van der Waals surface area (Å²) in [4.78, 5) is 24.1. The Morgan fingerprint density at radius 3 is 2.57 bits per heavy atom. The van der Waals surface area contributed by atoms with Crippen molar-refractivity contribution in [3.8, 4) is 0 Å². The first kappa shape index (κ1) is 18.1. The van der Waals surface area contributed by atoms with Crippen LogP contribution in [0.1, 0.15) is 26.2 Å². The van der Waals surface area contributed by atoms with Crippen molar-refractivity contribution in [3.63, 3.8) is 0 Å². The predicted octanol–water partition coefficient (Wildman–Crippen LogP) is -0.834. The van der Waals surface area contributed by atoms with E-state index in [2.05, 4.69) is 11.3 Å². The molecule has 0 aromatic heterocycles. The minimum atomic E-state index is -1.66. The lowest BCUT2D eigenvalue weighted by molar-refractivity contribution is -0.213. The van der Waals surface area contributed by atoms with E-state index in [9.17, 15) is 30.0 Å². The molecule has 2 rings (SSSR count). The SMILES string of the molecule is C=C(C(=O)OC)C1C(O)CC2(C)C(=O)CCC(O)(CO)C2C1O. The van der Waals surface area contributed by atoms with Gasteiger partial charge in [-0.1, -0.05) is 13.5 Å². The second-order valence-electron chi connectivity index (χ2n) is 6.88. The van der Waals surface area contributed by atoms with Gasteiger partial charge in [-0.3, -0.25) is 4.79 Å². The third kappa shape index (κ3) is 2.61. The number of Topliss-reactive ketones (excluding diaryl/α,β-unsaturated/α-hetero) is 1. The van der Waals surface area contributed by atoms with E-state index in [0.717, 1.165) is 7.11 Å². The van der Waals surface area contributed by atoms with Gasteiger partial charge in [0.25, 0.3) is 0 Å². The summed E-state index contributed by atoms with van der Waals surface area (Å²) in [5.41, 5.74) is -2.95. The third-order valence-electron chi connectivity index (χ3n) is 5.57. The number of esters is 1. The lowest BCUT2D eigenvalue weighted by atomic mass is 9.50. The molecule has 0 amide bonds. The summed E-state index contributed by atoms with van der Waals surface area (Å²) in [6.07, 6.45) is -2.53. The van der Waals surface area contributed by atoms with Gasteiger partial charge in [0.05, 0.1) is 31.5 Å². The third-order valence-corrected chi connectivity index (χ3v) is 5.57. The summed E-state index contributed by atoms with van der Waals surface area (Å²) in [7, 11) is 1.16. The van der Waals surface area contributed by atoms with Crippen LogP contribution in [0.5, 0.6) is 0 Å². The van der Waals surface area contributed by atoms with Crippen LogP contribution in [0, 0.1) is 17.3 Å². The van der Waals surface area contributed by atoms with E-state index in [-0.39, 0.29) is 30.6 Å². The fourth-order valence-corrected chi connectivity index (χ4v) is 4.35. The van der Waals surface area contributed by atoms with Gasteiger partial charge >= 0.3 is 5.97 Å². The first-order valence-corrected chi connectivity index (χ1v) is 7.62. The molecule has 6 unspecified atom stereocenters. The van der Waals surface area contributed by atoms with Crippen LogP contribution in [-0.4, -0.2) is 63.7 Å². The van der Waals surface area contributed by atoms with E-state index < -0.39 is 47.6 Å². The van der Waals surface area contributed by atoms with Gasteiger partial charge in [-0.25, -0.2) is 4.79 Å². The fourth-order valence-electron chi connectivity index (χ4n) is 4.35. The fraction of sp³-hybridized carbons (Fsp3) is 0.750. The molecule has 23 heavy (non-hydrogen) atoms. The zero-order chi connectivity index (χ0) is 17.6. The highest BCUT2D eigenvalue weighted by atomic mass is 16.5. The number of carbonyl (C=O) groups excluding carboxylic acids is 2. The summed E-state index contributed by atoms with van der Waals surface area (Å²) in [6.45, 7) is 4.53. The van der Waals surface area contributed by atoms with E-state index in [4.69, 9.17) is 0 Å². The van der Waals surface area contributed by atoms with Gasteiger partial charge in [0.1, 0.15) is 5.78 Å². The van der Waals surface area contributed by atoms with Crippen molar-refractivity contribution in [2.24, 2.45) is 17.3 Å². The summed E-state index contributed by atoms with van der Waals surface area (Å²) in [5.74, 6) is -3.02. The Morgan fingerprint density at radius 2 is 2.04 bits per heavy atom. The Labute approximate surface area is 134 Å². The maximum atomic E-state index is 12.4. The zero-order valence-electron chi connectivity index (χ0n) is 13.4. The molecule has 0 bridgehead atoms. The van der Waals surface area contributed by atoms with E-state index >= 15 is 0 Å². The summed E-state index contributed by atoms with van der Waals surface area (Å²) in [5, 5.41) is 41.5. The highest BCUT2D eigenvalue weighted by molar-refractivity contribution is 5.89. The number of aliphatic hydroxyl groups excluding tert-OH is 3. The van der Waals surface area contributed by atoms with Crippen LogP contribution in [-0.2, 0) is 14.3 Å². The lowest BCUT2D eigenvalue weighted by Crippen LogP contribution is -2.66. The van der Waals surface area contributed by atoms with Crippen molar-refractivity contribution < 1.29 is 34.8 Å². The van der Waals surface area contributed by atoms with Crippen LogP contribution < -0.4 is 0 Å². The van der Waals surface area contributed by atoms with Crippen molar-refractivity contribution in [2.45, 2.75) is 44.0 Å². The normalized spacial score (nSPS) is 43.7. The van der Waals surface area contributed by atoms with E-state index in [1.165, 1.54) is 0 Å². The zero-order valence-corrected chi connectivity index (χ0v) is 13.4. The quantitative estimate of drug-likeness (QED) is 0.393. The van der Waals surface area contributed by atoms with Crippen LogP contribution in [0.15, 0.2) is 12.2 Å². The number of aliphatic hydroxyl groups is 4.